The summed E-state index contributed by atoms with van der Waals surface area (Å²) < 4.78 is 0. The summed E-state index contributed by atoms with van der Waals surface area (Å²) >= 11 is 0. The van der Waals surface area contributed by atoms with Crippen molar-refractivity contribution in [1.29, 1.82) is 0 Å². The zero-order valence-electron chi connectivity index (χ0n) is 9.65. The fraction of sp³-hybridized carbons (Fsp3) is 1.00. The van der Waals surface area contributed by atoms with Crippen LogP contribution in [0.5, 0.6) is 0 Å². The molecule has 0 heterocycles. The molecule has 2 N–H and O–H groups in total. The molecule has 12 heavy (non-hydrogen) atoms. The predicted octanol–water partition coefficient (Wildman–Crippen LogP) is 3.01. The summed E-state index contributed by atoms with van der Waals surface area (Å²) in [6.07, 6.45) is 1.73. The second kappa shape index (κ2) is 22.4. The van der Waals surface area contributed by atoms with Crippen molar-refractivity contribution in [2.45, 2.75) is 60.6 Å². The van der Waals surface area contributed by atoms with E-state index >= 15 is 0 Å². The summed E-state index contributed by atoms with van der Waals surface area (Å²) in [5.41, 5.74) is 0. The van der Waals surface area contributed by atoms with Crippen LogP contribution in [-0.4, -0.2) is 17.9 Å². The minimum Gasteiger partial charge on any atom is -0.379 e. The molecule has 0 saturated heterocycles. The van der Waals surface area contributed by atoms with Gasteiger partial charge in [0.05, 0.1) is 0 Å². The van der Waals surface area contributed by atoms with Crippen LogP contribution in [0.3, 0.4) is 0 Å². The number of aliphatic hydroxyl groups is 1. The van der Waals surface area contributed by atoms with Gasteiger partial charge >= 0.3 is 0 Å². The Morgan fingerprint density at radius 3 is 1.58 bits per heavy atom. The Hall–Kier alpha value is -0.0800. The molecule has 0 fully saturated rings. The first-order valence-corrected chi connectivity index (χ1v) is 5.14. The van der Waals surface area contributed by atoms with Gasteiger partial charge in [-0.15, -0.1) is 0 Å². The number of aliphatic hydroxyl groups excluding tert-OH is 1. The molecule has 2 heteroatoms. The van der Waals surface area contributed by atoms with Crippen LogP contribution in [0.15, 0.2) is 0 Å². The van der Waals surface area contributed by atoms with E-state index < -0.39 is 0 Å². The van der Waals surface area contributed by atoms with Gasteiger partial charge in [0, 0.05) is 1.43 Å². The minimum absolute atomic E-state index is 0. The largest absolute Gasteiger partial charge is 0.379 e. The van der Waals surface area contributed by atoms with Crippen molar-refractivity contribution in [3.8, 4) is 0 Å². The molecule has 80 valence electrons. The van der Waals surface area contributed by atoms with Crippen LogP contribution in [0.4, 0.5) is 0 Å². The average molecular weight is 179 g/mol. The van der Waals surface area contributed by atoms with Crippen molar-refractivity contribution in [2.24, 2.45) is 0 Å². The highest BCUT2D eigenvalue weighted by Crippen LogP contribution is 1.80. The summed E-state index contributed by atoms with van der Waals surface area (Å²) in [6.45, 7) is 13.0. The minimum atomic E-state index is -0.301. The van der Waals surface area contributed by atoms with E-state index in [1.165, 1.54) is 6.42 Å². The van der Waals surface area contributed by atoms with Crippen LogP contribution in [0, 0.1) is 0 Å². The highest BCUT2D eigenvalue weighted by molar-refractivity contribution is 4.44. The third kappa shape index (κ3) is 32.6. The van der Waals surface area contributed by atoms with E-state index in [4.69, 9.17) is 5.11 Å². The molecule has 0 spiro atoms. The van der Waals surface area contributed by atoms with E-state index in [-0.39, 0.29) is 7.65 Å². The Bertz CT molecular complexity index is 54.2. The molecule has 0 aromatic heterocycles. The Labute approximate surface area is 79.9 Å². The lowest BCUT2D eigenvalue weighted by molar-refractivity contribution is 0.135. The number of hydrogen-bond acceptors (Lipinski definition) is 2. The van der Waals surface area contributed by atoms with E-state index in [0.717, 1.165) is 13.0 Å². The normalized spacial score (nSPS) is 10.2. The van der Waals surface area contributed by atoms with Crippen molar-refractivity contribution in [2.75, 3.05) is 6.54 Å². The Morgan fingerprint density at radius 1 is 1.17 bits per heavy atom. The summed E-state index contributed by atoms with van der Waals surface area (Å²) in [5.74, 6) is 0. The van der Waals surface area contributed by atoms with E-state index in [1.807, 2.05) is 27.7 Å². The van der Waals surface area contributed by atoms with Crippen LogP contribution in [-0.2, 0) is 0 Å². The summed E-state index contributed by atoms with van der Waals surface area (Å²) in [6, 6.07) is 0. The molecule has 0 aromatic rings. The van der Waals surface area contributed by atoms with E-state index in [0.29, 0.717) is 0 Å². The van der Waals surface area contributed by atoms with Gasteiger partial charge in [-0.05, 0) is 13.0 Å². The Balaban J connectivity index is -0.0000000581. The smallest absolute Gasteiger partial charge is 0.104 e. The van der Waals surface area contributed by atoms with Gasteiger partial charge in [-0.25, -0.2) is 0 Å². The Kier molecular flexibility index (Phi) is 33.4. The first-order valence-electron chi connectivity index (χ1n) is 5.14. The van der Waals surface area contributed by atoms with Gasteiger partial charge < -0.3 is 5.11 Å². The van der Waals surface area contributed by atoms with Crippen molar-refractivity contribution in [1.82, 2.24) is 5.32 Å². The highest BCUT2D eigenvalue weighted by atomic mass is 16.3. The standard InChI is InChI=1S/C5H13NO.C3H8.C2H6.H2/c1-3-5(7)6-4-2;1-3-2;1-2;/h5-7H,3-4H2,1-2H3;3H2,1-2H3;1-2H3;1H. The molecular weight excluding hydrogens is 150 g/mol. The zero-order valence-corrected chi connectivity index (χ0v) is 9.65. The molecule has 1 atom stereocenters. The average Bonchev–Trinajstić information content (AvgIpc) is 2.10. The van der Waals surface area contributed by atoms with Gasteiger partial charge in [0.25, 0.3) is 0 Å². The molecule has 0 radical (unpaired) electrons. The first kappa shape index (κ1) is 17.9. The lowest BCUT2D eigenvalue weighted by atomic mass is 10.4. The monoisotopic (exact) mass is 179 g/mol. The maximum atomic E-state index is 8.75. The van der Waals surface area contributed by atoms with Gasteiger partial charge in [0.15, 0.2) is 0 Å². The van der Waals surface area contributed by atoms with Crippen molar-refractivity contribution in [3.63, 3.8) is 0 Å². The molecule has 0 aliphatic rings. The number of nitrogens with one attached hydrogen (secondary N) is 1. The second-order valence-corrected chi connectivity index (χ2v) is 2.19. The van der Waals surface area contributed by atoms with Gasteiger partial charge in [-0.3, -0.25) is 5.32 Å². The molecule has 0 aromatic carbocycles. The third-order valence-electron chi connectivity index (χ3n) is 0.826. The van der Waals surface area contributed by atoms with Crippen molar-refractivity contribution < 1.29 is 6.53 Å². The fourth-order valence-corrected chi connectivity index (χ4v) is 0.380. The highest BCUT2D eigenvalue weighted by Gasteiger charge is 1.92. The molecule has 0 rings (SSSR count). The number of hydrogen-bond donors (Lipinski definition) is 2. The van der Waals surface area contributed by atoms with Crippen LogP contribution in [0.2, 0.25) is 0 Å². The lowest BCUT2D eigenvalue weighted by Crippen LogP contribution is -2.26. The van der Waals surface area contributed by atoms with Gasteiger partial charge in [-0.2, -0.15) is 0 Å². The van der Waals surface area contributed by atoms with Crippen LogP contribution < -0.4 is 5.32 Å². The number of rotatable bonds is 3. The maximum Gasteiger partial charge on any atom is 0.104 e. The molecule has 0 amide bonds. The fourth-order valence-electron chi connectivity index (χ4n) is 0.380. The van der Waals surface area contributed by atoms with E-state index in [2.05, 4.69) is 19.2 Å². The van der Waals surface area contributed by atoms with Crippen LogP contribution in [0.25, 0.3) is 0 Å². The molecule has 0 aliphatic carbocycles. The first-order chi connectivity index (χ1) is 5.72. The summed E-state index contributed by atoms with van der Waals surface area (Å²) in [5, 5.41) is 11.6. The van der Waals surface area contributed by atoms with Gasteiger partial charge in [-0.1, -0.05) is 48.0 Å². The maximum absolute atomic E-state index is 8.75. The lowest BCUT2D eigenvalue weighted by Gasteiger charge is -2.05. The van der Waals surface area contributed by atoms with Crippen LogP contribution >= 0.6 is 0 Å². The predicted molar refractivity (Wildman–Crippen MR) is 59.4 cm³/mol. The van der Waals surface area contributed by atoms with Crippen molar-refractivity contribution >= 4 is 0 Å². The molecule has 1 unspecified atom stereocenters. The van der Waals surface area contributed by atoms with Crippen molar-refractivity contribution in [3.05, 3.63) is 0 Å². The zero-order chi connectivity index (χ0) is 10.4. The van der Waals surface area contributed by atoms with E-state index in [1.54, 1.807) is 0 Å². The molecule has 2 nitrogen and oxygen atoms in total. The quantitative estimate of drug-likeness (QED) is 0.653. The molecule has 0 bridgehead atoms. The van der Waals surface area contributed by atoms with Gasteiger partial charge in [0.2, 0.25) is 0 Å². The SMILES string of the molecule is CC.CCC.CCNC(O)CC.[HH]. The summed E-state index contributed by atoms with van der Waals surface area (Å²) in [4.78, 5) is 0. The van der Waals surface area contributed by atoms with E-state index in [9.17, 15) is 0 Å². The summed E-state index contributed by atoms with van der Waals surface area (Å²) in [7, 11) is 0. The molecule has 0 aliphatic heterocycles. The van der Waals surface area contributed by atoms with Crippen LogP contribution in [0.1, 0.15) is 55.8 Å². The second-order valence-electron chi connectivity index (χ2n) is 2.19. The van der Waals surface area contributed by atoms with Gasteiger partial charge in [0.1, 0.15) is 6.23 Å². The Morgan fingerprint density at radius 2 is 1.50 bits per heavy atom. The topological polar surface area (TPSA) is 32.3 Å². The molecule has 0 saturated carbocycles. The third-order valence-corrected chi connectivity index (χ3v) is 0.826. The molecular formula is C10H29NO.